The molecule has 0 unspecified atom stereocenters. The van der Waals surface area contributed by atoms with Crippen LogP contribution in [0.25, 0.3) is 0 Å². The Morgan fingerprint density at radius 3 is 2.45 bits per heavy atom. The maximum Gasteiger partial charge on any atom is 0.218 e. The standard InChI is InChI=1S/C6H7Br2N3/c7-5-9-6(8)11(10-5)4-2-1-3-4/h4H,1-3H2. The molecular formula is C6H7Br2N3. The number of aromatic nitrogens is 3. The van der Waals surface area contributed by atoms with E-state index in [1.165, 1.54) is 19.3 Å². The third-order valence-corrected chi connectivity index (χ3v) is 2.86. The Bertz CT molecular complexity index is 267. The fourth-order valence-electron chi connectivity index (χ4n) is 1.14. The summed E-state index contributed by atoms with van der Waals surface area (Å²) in [5.41, 5.74) is 0. The molecule has 11 heavy (non-hydrogen) atoms. The lowest BCUT2D eigenvalue weighted by atomic mass is 9.94. The van der Waals surface area contributed by atoms with Crippen molar-refractivity contribution in [2.45, 2.75) is 25.3 Å². The molecule has 5 heteroatoms. The van der Waals surface area contributed by atoms with Crippen molar-refractivity contribution in [2.24, 2.45) is 0 Å². The highest BCUT2D eigenvalue weighted by molar-refractivity contribution is 9.11. The van der Waals surface area contributed by atoms with Crippen LogP contribution in [0.4, 0.5) is 0 Å². The lowest BCUT2D eigenvalue weighted by Gasteiger charge is -2.25. The summed E-state index contributed by atoms with van der Waals surface area (Å²) in [7, 11) is 0. The van der Waals surface area contributed by atoms with Crippen LogP contribution in [0, 0.1) is 0 Å². The van der Waals surface area contributed by atoms with Crippen LogP contribution in [0.3, 0.4) is 0 Å². The number of halogens is 2. The molecule has 0 saturated heterocycles. The maximum absolute atomic E-state index is 4.21. The predicted octanol–water partition coefficient (Wildman–Crippen LogP) is 2.53. The van der Waals surface area contributed by atoms with Crippen LogP contribution in [-0.4, -0.2) is 14.8 Å². The van der Waals surface area contributed by atoms with Gasteiger partial charge in [0, 0.05) is 0 Å². The molecule has 0 atom stereocenters. The van der Waals surface area contributed by atoms with Crippen molar-refractivity contribution in [3.8, 4) is 0 Å². The van der Waals surface area contributed by atoms with Crippen LogP contribution < -0.4 is 0 Å². The van der Waals surface area contributed by atoms with Crippen molar-refractivity contribution < 1.29 is 0 Å². The Kier molecular flexibility index (Phi) is 2.01. The molecule has 0 aromatic carbocycles. The van der Waals surface area contributed by atoms with Gasteiger partial charge in [-0.1, -0.05) is 0 Å². The molecular weight excluding hydrogens is 274 g/mol. The molecule has 0 N–H and O–H groups in total. The third-order valence-electron chi connectivity index (χ3n) is 1.98. The summed E-state index contributed by atoms with van der Waals surface area (Å²) < 4.78 is 3.43. The normalized spacial score (nSPS) is 18.4. The zero-order valence-electron chi connectivity index (χ0n) is 5.80. The number of nitrogens with zero attached hydrogens (tertiary/aromatic N) is 3. The average Bonchev–Trinajstić information content (AvgIpc) is 2.07. The minimum Gasteiger partial charge on any atom is -0.236 e. The van der Waals surface area contributed by atoms with Crippen LogP contribution >= 0.6 is 31.9 Å². The highest BCUT2D eigenvalue weighted by Crippen LogP contribution is 2.33. The molecule has 3 nitrogen and oxygen atoms in total. The van der Waals surface area contributed by atoms with E-state index in [0.717, 1.165) is 4.73 Å². The lowest BCUT2D eigenvalue weighted by molar-refractivity contribution is 0.283. The minimum absolute atomic E-state index is 0.572. The molecule has 1 heterocycles. The van der Waals surface area contributed by atoms with Crippen molar-refractivity contribution in [3.63, 3.8) is 0 Å². The van der Waals surface area contributed by atoms with Crippen molar-refractivity contribution in [3.05, 3.63) is 9.47 Å². The van der Waals surface area contributed by atoms with Crippen LogP contribution in [0.2, 0.25) is 0 Å². The molecule has 1 aliphatic carbocycles. The summed E-state index contributed by atoms with van der Waals surface area (Å²) in [5.74, 6) is 0. The van der Waals surface area contributed by atoms with Gasteiger partial charge in [0.1, 0.15) is 0 Å². The first-order valence-electron chi connectivity index (χ1n) is 3.55. The zero-order chi connectivity index (χ0) is 7.84. The van der Waals surface area contributed by atoms with Crippen molar-refractivity contribution in [2.75, 3.05) is 0 Å². The monoisotopic (exact) mass is 279 g/mol. The molecule has 60 valence electrons. The quantitative estimate of drug-likeness (QED) is 0.792. The molecule has 0 spiro atoms. The van der Waals surface area contributed by atoms with Crippen molar-refractivity contribution >= 4 is 31.9 Å². The minimum atomic E-state index is 0.572. The summed E-state index contributed by atoms with van der Waals surface area (Å²) in [6.07, 6.45) is 3.78. The van der Waals surface area contributed by atoms with Crippen LogP contribution in [-0.2, 0) is 0 Å². The highest BCUT2D eigenvalue weighted by Gasteiger charge is 2.22. The van der Waals surface area contributed by atoms with Crippen LogP contribution in [0.15, 0.2) is 9.47 Å². The van der Waals surface area contributed by atoms with Crippen molar-refractivity contribution in [1.29, 1.82) is 0 Å². The molecule has 1 aliphatic rings. The predicted molar refractivity (Wildman–Crippen MR) is 48.3 cm³/mol. The lowest BCUT2D eigenvalue weighted by Crippen LogP contribution is -2.18. The summed E-state index contributed by atoms with van der Waals surface area (Å²) in [5, 5.41) is 4.21. The fraction of sp³-hybridized carbons (Fsp3) is 0.667. The first-order valence-corrected chi connectivity index (χ1v) is 5.13. The molecule has 1 aromatic heterocycles. The van der Waals surface area contributed by atoms with Gasteiger partial charge in [-0.3, -0.25) is 0 Å². The Balaban J connectivity index is 2.28. The van der Waals surface area contributed by atoms with E-state index in [4.69, 9.17) is 0 Å². The van der Waals surface area contributed by atoms with E-state index in [9.17, 15) is 0 Å². The van der Waals surface area contributed by atoms with Gasteiger partial charge in [-0.05, 0) is 51.1 Å². The Labute approximate surface area is 81.4 Å². The van der Waals surface area contributed by atoms with Gasteiger partial charge < -0.3 is 0 Å². The summed E-state index contributed by atoms with van der Waals surface area (Å²) in [6, 6.07) is 0.572. The SMILES string of the molecule is Brc1nc(Br)n(C2CCC2)n1. The molecule has 0 amide bonds. The van der Waals surface area contributed by atoms with Gasteiger partial charge in [0.25, 0.3) is 0 Å². The van der Waals surface area contributed by atoms with E-state index in [1.807, 2.05) is 4.68 Å². The molecule has 1 fully saturated rings. The van der Waals surface area contributed by atoms with E-state index in [2.05, 4.69) is 41.9 Å². The summed E-state index contributed by atoms with van der Waals surface area (Å²) in [6.45, 7) is 0. The first kappa shape index (κ1) is 7.73. The van der Waals surface area contributed by atoms with Crippen LogP contribution in [0.5, 0.6) is 0 Å². The van der Waals surface area contributed by atoms with Crippen molar-refractivity contribution in [1.82, 2.24) is 14.8 Å². The molecule has 0 bridgehead atoms. The summed E-state index contributed by atoms with van der Waals surface area (Å²) in [4.78, 5) is 4.10. The second-order valence-corrected chi connectivity index (χ2v) is 4.10. The smallest absolute Gasteiger partial charge is 0.218 e. The van der Waals surface area contributed by atoms with Gasteiger partial charge in [-0.25, -0.2) is 4.68 Å². The number of hydrogen-bond donors (Lipinski definition) is 0. The molecule has 0 radical (unpaired) electrons. The van der Waals surface area contributed by atoms with Gasteiger partial charge in [-0.2, -0.15) is 4.98 Å². The molecule has 1 aromatic rings. The average molecular weight is 281 g/mol. The van der Waals surface area contributed by atoms with Gasteiger partial charge in [-0.15, -0.1) is 5.10 Å². The second kappa shape index (κ2) is 2.86. The second-order valence-electron chi connectivity index (χ2n) is 2.68. The van der Waals surface area contributed by atoms with E-state index in [0.29, 0.717) is 10.8 Å². The van der Waals surface area contributed by atoms with E-state index in [-0.39, 0.29) is 0 Å². The molecule has 1 saturated carbocycles. The topological polar surface area (TPSA) is 30.7 Å². The van der Waals surface area contributed by atoms with E-state index >= 15 is 0 Å². The highest BCUT2D eigenvalue weighted by atomic mass is 79.9. The Morgan fingerprint density at radius 1 is 1.36 bits per heavy atom. The fourth-order valence-corrected chi connectivity index (χ4v) is 2.26. The van der Waals surface area contributed by atoms with Gasteiger partial charge in [0.15, 0.2) is 4.73 Å². The molecule has 2 rings (SSSR count). The largest absolute Gasteiger partial charge is 0.236 e. The Morgan fingerprint density at radius 2 is 2.09 bits per heavy atom. The Hall–Kier alpha value is 0.1000. The van der Waals surface area contributed by atoms with E-state index in [1.54, 1.807) is 0 Å². The van der Waals surface area contributed by atoms with Gasteiger partial charge in [0.2, 0.25) is 4.73 Å². The molecule has 0 aliphatic heterocycles. The van der Waals surface area contributed by atoms with E-state index < -0.39 is 0 Å². The third kappa shape index (κ3) is 1.36. The first-order chi connectivity index (χ1) is 5.27. The number of hydrogen-bond acceptors (Lipinski definition) is 2. The maximum atomic E-state index is 4.21. The van der Waals surface area contributed by atoms with Gasteiger partial charge >= 0.3 is 0 Å². The van der Waals surface area contributed by atoms with Gasteiger partial charge in [0.05, 0.1) is 6.04 Å². The van der Waals surface area contributed by atoms with Crippen LogP contribution in [0.1, 0.15) is 25.3 Å². The summed E-state index contributed by atoms with van der Waals surface area (Å²) >= 11 is 6.58. The number of rotatable bonds is 1. The zero-order valence-corrected chi connectivity index (χ0v) is 8.97.